The summed E-state index contributed by atoms with van der Waals surface area (Å²) in [5, 5.41) is 3.20. The van der Waals surface area contributed by atoms with Gasteiger partial charge in [-0.15, -0.1) is 11.3 Å². The molecule has 0 saturated heterocycles. The van der Waals surface area contributed by atoms with Gasteiger partial charge in [0.2, 0.25) is 0 Å². The van der Waals surface area contributed by atoms with Crippen molar-refractivity contribution in [3.05, 3.63) is 16.1 Å². The maximum atomic E-state index is 6.25. The molecule has 0 aliphatic carbocycles. The summed E-state index contributed by atoms with van der Waals surface area (Å²) in [6.07, 6.45) is 2.08. The van der Waals surface area contributed by atoms with Crippen LogP contribution in [0.1, 0.15) is 58.2 Å². The van der Waals surface area contributed by atoms with Crippen molar-refractivity contribution in [1.82, 2.24) is 4.98 Å². The van der Waals surface area contributed by atoms with Gasteiger partial charge in [0.25, 0.3) is 0 Å². The normalized spacial score (nSPS) is 16.4. The molecular formula is C12H22N2S. The van der Waals surface area contributed by atoms with Crippen LogP contribution in [0.3, 0.4) is 0 Å². The summed E-state index contributed by atoms with van der Waals surface area (Å²) in [5.74, 6) is 0. The van der Waals surface area contributed by atoms with E-state index >= 15 is 0 Å². The molecule has 86 valence electrons. The lowest BCUT2D eigenvalue weighted by molar-refractivity contribution is 0.440. The second kappa shape index (κ2) is 4.22. The Bertz CT molecular complexity index is 321. The van der Waals surface area contributed by atoms with Crippen LogP contribution < -0.4 is 5.73 Å². The molecule has 1 unspecified atom stereocenters. The quantitative estimate of drug-likeness (QED) is 0.857. The number of nitrogens with two attached hydrogens (primary N) is 1. The number of thiazole rings is 1. The minimum Gasteiger partial charge on any atom is -0.320 e. The largest absolute Gasteiger partial charge is 0.320 e. The highest BCUT2D eigenvalue weighted by Gasteiger charge is 2.26. The Kier molecular flexibility index (Phi) is 3.56. The topological polar surface area (TPSA) is 38.9 Å². The number of hydrogen-bond acceptors (Lipinski definition) is 3. The second-order valence-corrected chi connectivity index (χ2v) is 6.31. The lowest BCUT2D eigenvalue weighted by Crippen LogP contribution is -2.32. The molecule has 0 radical (unpaired) electrons. The summed E-state index contributed by atoms with van der Waals surface area (Å²) in [6.45, 7) is 10.8. The first-order chi connectivity index (χ1) is 6.77. The van der Waals surface area contributed by atoms with E-state index in [4.69, 9.17) is 5.73 Å². The van der Waals surface area contributed by atoms with Crippen LogP contribution in [0, 0.1) is 0 Å². The van der Waals surface area contributed by atoms with Crippen molar-refractivity contribution in [2.75, 3.05) is 0 Å². The van der Waals surface area contributed by atoms with Crippen molar-refractivity contribution < 1.29 is 0 Å². The fourth-order valence-electron chi connectivity index (χ4n) is 1.51. The van der Waals surface area contributed by atoms with Crippen LogP contribution in [-0.4, -0.2) is 4.98 Å². The molecule has 0 bridgehead atoms. The zero-order valence-electron chi connectivity index (χ0n) is 10.4. The van der Waals surface area contributed by atoms with E-state index in [-0.39, 0.29) is 11.0 Å². The van der Waals surface area contributed by atoms with Gasteiger partial charge < -0.3 is 5.73 Å². The lowest BCUT2D eigenvalue weighted by Gasteiger charge is -2.21. The van der Waals surface area contributed by atoms with E-state index in [1.807, 2.05) is 0 Å². The third-order valence-corrected chi connectivity index (χ3v) is 3.65. The first-order valence-electron chi connectivity index (χ1n) is 5.53. The fourth-order valence-corrected chi connectivity index (χ4v) is 2.66. The van der Waals surface area contributed by atoms with E-state index in [9.17, 15) is 0 Å². The summed E-state index contributed by atoms with van der Waals surface area (Å²) in [7, 11) is 0. The van der Waals surface area contributed by atoms with Gasteiger partial charge in [-0.2, -0.15) is 0 Å². The van der Waals surface area contributed by atoms with Crippen LogP contribution in [0.5, 0.6) is 0 Å². The van der Waals surface area contributed by atoms with Crippen LogP contribution in [0.2, 0.25) is 0 Å². The van der Waals surface area contributed by atoms with Crippen LogP contribution in [-0.2, 0) is 11.0 Å². The van der Waals surface area contributed by atoms with Gasteiger partial charge in [-0.05, 0) is 13.3 Å². The predicted molar refractivity (Wildman–Crippen MR) is 67.3 cm³/mol. The number of nitrogens with zero attached hydrogens (tertiary/aromatic N) is 1. The smallest absolute Gasteiger partial charge is 0.112 e. The van der Waals surface area contributed by atoms with Gasteiger partial charge in [-0.25, -0.2) is 4.98 Å². The molecule has 0 aromatic carbocycles. The highest BCUT2D eigenvalue weighted by molar-refractivity contribution is 7.09. The zero-order chi connectivity index (χ0) is 11.7. The van der Waals surface area contributed by atoms with Gasteiger partial charge in [0, 0.05) is 10.8 Å². The second-order valence-electron chi connectivity index (χ2n) is 5.46. The van der Waals surface area contributed by atoms with Crippen LogP contribution in [0.25, 0.3) is 0 Å². The van der Waals surface area contributed by atoms with E-state index in [0.29, 0.717) is 0 Å². The molecule has 0 aliphatic rings. The van der Waals surface area contributed by atoms with E-state index in [1.54, 1.807) is 11.3 Å². The number of rotatable bonds is 3. The molecule has 0 spiro atoms. The number of aromatic nitrogens is 1. The Morgan fingerprint density at radius 1 is 1.33 bits per heavy atom. The molecule has 1 aromatic rings. The predicted octanol–water partition coefficient (Wildman–Crippen LogP) is 3.41. The SMILES string of the molecule is CCCC(C)(N)c1nc(C(C)(C)C)cs1. The van der Waals surface area contributed by atoms with Crippen molar-refractivity contribution in [3.8, 4) is 0 Å². The summed E-state index contributed by atoms with van der Waals surface area (Å²) >= 11 is 1.69. The molecule has 1 atom stereocenters. The van der Waals surface area contributed by atoms with Crippen LogP contribution in [0.4, 0.5) is 0 Å². The van der Waals surface area contributed by atoms with Crippen molar-refractivity contribution in [2.45, 2.75) is 58.4 Å². The zero-order valence-corrected chi connectivity index (χ0v) is 11.2. The van der Waals surface area contributed by atoms with Gasteiger partial charge in [0.1, 0.15) is 5.01 Å². The van der Waals surface area contributed by atoms with Gasteiger partial charge in [0.15, 0.2) is 0 Å². The highest BCUT2D eigenvalue weighted by atomic mass is 32.1. The van der Waals surface area contributed by atoms with Gasteiger partial charge in [-0.3, -0.25) is 0 Å². The van der Waals surface area contributed by atoms with Gasteiger partial charge in [-0.1, -0.05) is 34.1 Å². The van der Waals surface area contributed by atoms with Crippen molar-refractivity contribution in [1.29, 1.82) is 0 Å². The van der Waals surface area contributed by atoms with Gasteiger partial charge in [0.05, 0.1) is 11.2 Å². The third-order valence-electron chi connectivity index (χ3n) is 2.53. The molecule has 1 rings (SSSR count). The fraction of sp³-hybridized carbons (Fsp3) is 0.750. The number of hydrogen-bond donors (Lipinski definition) is 1. The van der Waals surface area contributed by atoms with E-state index in [0.717, 1.165) is 23.5 Å². The maximum absolute atomic E-state index is 6.25. The first kappa shape index (κ1) is 12.7. The summed E-state index contributed by atoms with van der Waals surface area (Å²) in [4.78, 5) is 4.67. The molecule has 1 aromatic heterocycles. The Morgan fingerprint density at radius 3 is 2.33 bits per heavy atom. The Hall–Kier alpha value is -0.410. The molecule has 2 N–H and O–H groups in total. The molecule has 2 nitrogen and oxygen atoms in total. The summed E-state index contributed by atoms with van der Waals surface area (Å²) in [5.41, 5.74) is 7.26. The summed E-state index contributed by atoms with van der Waals surface area (Å²) < 4.78 is 0. The highest BCUT2D eigenvalue weighted by Crippen LogP contribution is 2.30. The molecule has 15 heavy (non-hydrogen) atoms. The van der Waals surface area contributed by atoms with Gasteiger partial charge >= 0.3 is 0 Å². The molecule has 1 heterocycles. The van der Waals surface area contributed by atoms with E-state index in [2.05, 4.69) is 45.0 Å². The van der Waals surface area contributed by atoms with Crippen LogP contribution >= 0.6 is 11.3 Å². The average molecular weight is 226 g/mol. The van der Waals surface area contributed by atoms with Crippen molar-refractivity contribution >= 4 is 11.3 Å². The minimum absolute atomic E-state index is 0.122. The maximum Gasteiger partial charge on any atom is 0.112 e. The molecule has 0 aliphatic heterocycles. The minimum atomic E-state index is -0.261. The Labute approximate surface area is 96.9 Å². The summed E-state index contributed by atoms with van der Waals surface area (Å²) in [6, 6.07) is 0. The molecule has 0 saturated carbocycles. The molecule has 0 amide bonds. The third kappa shape index (κ3) is 3.02. The monoisotopic (exact) mass is 226 g/mol. The molecule has 0 fully saturated rings. The molecule has 3 heteroatoms. The standard InChI is InChI=1S/C12H22N2S/c1-6-7-12(5,13)10-14-9(8-15-10)11(2,3)4/h8H,6-7,13H2,1-5H3. The van der Waals surface area contributed by atoms with E-state index in [1.165, 1.54) is 0 Å². The Morgan fingerprint density at radius 2 is 1.93 bits per heavy atom. The van der Waals surface area contributed by atoms with Crippen molar-refractivity contribution in [3.63, 3.8) is 0 Å². The van der Waals surface area contributed by atoms with Crippen LogP contribution in [0.15, 0.2) is 5.38 Å². The first-order valence-corrected chi connectivity index (χ1v) is 6.40. The van der Waals surface area contributed by atoms with Crippen molar-refractivity contribution in [2.24, 2.45) is 5.73 Å². The average Bonchev–Trinajstić information content (AvgIpc) is 2.50. The lowest BCUT2D eigenvalue weighted by atomic mass is 9.93. The Balaban J connectivity index is 2.94. The van der Waals surface area contributed by atoms with E-state index < -0.39 is 0 Å². The molecular weight excluding hydrogens is 204 g/mol.